The summed E-state index contributed by atoms with van der Waals surface area (Å²) < 4.78 is 18.7. The van der Waals surface area contributed by atoms with E-state index in [1.54, 1.807) is 0 Å². The molecule has 140 valence electrons. The number of nitrogens with one attached hydrogen (secondary N) is 1. The van der Waals surface area contributed by atoms with Crippen molar-refractivity contribution in [2.45, 2.75) is 84.1 Å². The van der Waals surface area contributed by atoms with Gasteiger partial charge in [-0.05, 0) is 62.3 Å². The topological polar surface area (TPSA) is 56.8 Å². The Morgan fingerprint density at radius 3 is 2.64 bits per heavy atom. The summed E-state index contributed by atoms with van der Waals surface area (Å²) in [7, 11) is -0.449. The van der Waals surface area contributed by atoms with Crippen LogP contribution in [0.2, 0.25) is 0 Å². The summed E-state index contributed by atoms with van der Waals surface area (Å²) >= 11 is 0. The Morgan fingerprint density at radius 1 is 1.28 bits per heavy atom. The Hall–Kier alpha value is -0.585. The number of hydrogen-bond acceptors (Lipinski definition) is 5. The van der Waals surface area contributed by atoms with Crippen LogP contribution in [0, 0.1) is 23.2 Å². The largest absolute Gasteiger partial charge is 0.501 e. The summed E-state index contributed by atoms with van der Waals surface area (Å²) in [5.74, 6) is 1.24. The fourth-order valence-electron chi connectivity index (χ4n) is 5.65. The summed E-state index contributed by atoms with van der Waals surface area (Å²) in [4.78, 5) is 12.5. The zero-order valence-electron chi connectivity index (χ0n) is 16.2. The molecule has 2 aliphatic heterocycles. The maximum absolute atomic E-state index is 12.5. The number of hydrogen-bond donors (Lipinski definition) is 1. The van der Waals surface area contributed by atoms with Gasteiger partial charge in [0.25, 0.3) is 0 Å². The molecule has 0 aromatic heterocycles. The molecule has 0 radical (unpaired) electrons. The molecule has 2 heterocycles. The fourth-order valence-corrected chi connectivity index (χ4v) is 5.65. The van der Waals surface area contributed by atoms with Crippen LogP contribution in [-0.4, -0.2) is 43.4 Å². The van der Waals surface area contributed by atoms with E-state index in [1.165, 1.54) is 6.42 Å². The minimum absolute atomic E-state index is 0.124. The molecular weight excluding hydrogens is 317 g/mol. The third kappa shape index (κ3) is 2.67. The van der Waals surface area contributed by atoms with Gasteiger partial charge in [0.05, 0.1) is 11.7 Å². The minimum atomic E-state index is -0.449. The first-order valence-electron chi connectivity index (χ1n) is 10.0. The van der Waals surface area contributed by atoms with Crippen LogP contribution in [0.3, 0.4) is 0 Å². The molecule has 5 nitrogen and oxygen atoms in total. The molecule has 2 saturated heterocycles. The van der Waals surface area contributed by atoms with Crippen molar-refractivity contribution in [2.75, 3.05) is 6.54 Å². The number of ether oxygens (including phenoxy) is 1. The molecule has 0 amide bonds. The van der Waals surface area contributed by atoms with Gasteiger partial charge in [-0.1, -0.05) is 27.7 Å². The van der Waals surface area contributed by atoms with Gasteiger partial charge in [0.1, 0.15) is 12.0 Å². The lowest BCUT2D eigenvalue weighted by atomic mass is 9.43. The van der Waals surface area contributed by atoms with Crippen molar-refractivity contribution in [1.29, 1.82) is 0 Å². The van der Waals surface area contributed by atoms with E-state index in [-0.39, 0.29) is 35.6 Å². The highest BCUT2D eigenvalue weighted by molar-refractivity contribution is 6.47. The molecular formula is C19H32BNO4. The van der Waals surface area contributed by atoms with Gasteiger partial charge in [0.2, 0.25) is 0 Å². The molecule has 5 fully saturated rings. The van der Waals surface area contributed by atoms with Gasteiger partial charge in [0, 0.05) is 0 Å². The van der Waals surface area contributed by atoms with Gasteiger partial charge in [-0.3, -0.25) is 4.79 Å². The quantitative estimate of drug-likeness (QED) is 0.625. The van der Waals surface area contributed by atoms with E-state index < -0.39 is 7.12 Å². The average Bonchev–Trinajstić information content (AvgIpc) is 3.17. The van der Waals surface area contributed by atoms with Crippen molar-refractivity contribution < 1.29 is 18.8 Å². The van der Waals surface area contributed by atoms with Gasteiger partial charge in [0.15, 0.2) is 0 Å². The molecule has 6 heteroatoms. The Labute approximate surface area is 151 Å². The first-order chi connectivity index (χ1) is 11.7. The molecule has 3 aliphatic carbocycles. The maximum atomic E-state index is 12.5. The van der Waals surface area contributed by atoms with Crippen LogP contribution >= 0.6 is 0 Å². The van der Waals surface area contributed by atoms with Crippen LogP contribution in [0.5, 0.6) is 0 Å². The van der Waals surface area contributed by atoms with E-state index in [1.807, 2.05) is 0 Å². The Bertz CT molecular complexity index is 548. The highest BCUT2D eigenvalue weighted by Gasteiger charge is 2.69. The maximum Gasteiger partial charge on any atom is 0.501 e. The SMILES string of the molecule is CC(C)C(OC(=O)C1CCCN1)B1OC2CC3CC(C3(C)C)[C@]2(C)O1. The predicted octanol–water partition coefficient (Wildman–Crippen LogP) is 2.57. The molecule has 0 aromatic rings. The summed E-state index contributed by atoms with van der Waals surface area (Å²) in [6, 6.07) is -0.523. The number of rotatable bonds is 4. The van der Waals surface area contributed by atoms with Gasteiger partial charge < -0.3 is 19.4 Å². The van der Waals surface area contributed by atoms with Crippen molar-refractivity contribution in [3.05, 3.63) is 0 Å². The van der Waals surface area contributed by atoms with Crippen LogP contribution in [0.15, 0.2) is 0 Å². The summed E-state index contributed by atoms with van der Waals surface area (Å²) in [6.45, 7) is 11.9. The summed E-state index contributed by atoms with van der Waals surface area (Å²) in [5, 5.41) is 3.22. The first kappa shape index (κ1) is 17.8. The summed E-state index contributed by atoms with van der Waals surface area (Å²) in [6.07, 6.45) is 4.29. The van der Waals surface area contributed by atoms with Crippen molar-refractivity contribution >= 4 is 13.1 Å². The van der Waals surface area contributed by atoms with Gasteiger partial charge in [-0.2, -0.15) is 0 Å². The second-order valence-corrected chi connectivity index (χ2v) is 9.63. The van der Waals surface area contributed by atoms with Crippen LogP contribution in [0.1, 0.15) is 60.3 Å². The van der Waals surface area contributed by atoms with Gasteiger partial charge in [-0.25, -0.2) is 0 Å². The average molecular weight is 349 g/mol. The standard InChI is InChI=1S/C19H32BNO4/c1-11(2)16(23-17(22)13-7-6-8-21-13)20-24-15-10-12-9-14(18(12,3)4)19(15,5)25-20/h11-16,21H,6-10H2,1-5H3/t12?,13?,14?,15?,16?,19-/m0/s1. The van der Waals surface area contributed by atoms with Crippen molar-refractivity contribution in [3.63, 3.8) is 0 Å². The van der Waals surface area contributed by atoms with E-state index in [4.69, 9.17) is 14.0 Å². The summed E-state index contributed by atoms with van der Waals surface area (Å²) in [5.41, 5.74) is 0.0648. The Morgan fingerprint density at radius 2 is 2.04 bits per heavy atom. The molecule has 6 atom stereocenters. The predicted molar refractivity (Wildman–Crippen MR) is 95.9 cm³/mol. The Balaban J connectivity index is 1.47. The van der Waals surface area contributed by atoms with Gasteiger partial charge in [-0.15, -0.1) is 0 Å². The third-order valence-corrected chi connectivity index (χ3v) is 7.49. The second-order valence-electron chi connectivity index (χ2n) is 9.63. The minimum Gasteiger partial charge on any atom is -0.463 e. The number of carbonyl (C=O) groups is 1. The molecule has 5 aliphatic rings. The van der Waals surface area contributed by atoms with Crippen LogP contribution < -0.4 is 5.32 Å². The zero-order chi connectivity index (χ0) is 18.0. The number of esters is 1. The van der Waals surface area contributed by atoms with E-state index in [0.29, 0.717) is 11.3 Å². The molecule has 0 spiro atoms. The lowest BCUT2D eigenvalue weighted by molar-refractivity contribution is -0.199. The number of carbonyl (C=O) groups excluding carboxylic acids is 1. The van der Waals surface area contributed by atoms with E-state index in [0.717, 1.165) is 31.7 Å². The molecule has 5 rings (SSSR count). The van der Waals surface area contributed by atoms with E-state index >= 15 is 0 Å². The van der Waals surface area contributed by atoms with Crippen LogP contribution in [0.4, 0.5) is 0 Å². The molecule has 3 saturated carbocycles. The Kier molecular flexibility index (Phi) is 4.25. The second kappa shape index (κ2) is 5.96. The smallest absolute Gasteiger partial charge is 0.463 e. The lowest BCUT2D eigenvalue weighted by Crippen LogP contribution is -2.65. The lowest BCUT2D eigenvalue weighted by Gasteiger charge is -2.64. The normalized spacial score (nSPS) is 42.9. The first-order valence-corrected chi connectivity index (χ1v) is 10.0. The van der Waals surface area contributed by atoms with Crippen molar-refractivity contribution in [1.82, 2.24) is 5.32 Å². The van der Waals surface area contributed by atoms with E-state index in [9.17, 15) is 4.79 Å². The highest BCUT2D eigenvalue weighted by Crippen LogP contribution is 2.65. The molecule has 5 unspecified atom stereocenters. The fraction of sp³-hybridized carbons (Fsp3) is 0.947. The molecule has 2 bridgehead atoms. The van der Waals surface area contributed by atoms with Crippen molar-refractivity contribution in [3.8, 4) is 0 Å². The zero-order valence-corrected chi connectivity index (χ0v) is 16.2. The molecule has 25 heavy (non-hydrogen) atoms. The van der Waals surface area contributed by atoms with Crippen LogP contribution in [0.25, 0.3) is 0 Å². The molecule has 1 N–H and O–H groups in total. The monoisotopic (exact) mass is 349 g/mol. The van der Waals surface area contributed by atoms with Crippen LogP contribution in [-0.2, 0) is 18.8 Å². The molecule has 0 aromatic carbocycles. The van der Waals surface area contributed by atoms with Gasteiger partial charge >= 0.3 is 13.1 Å². The van der Waals surface area contributed by atoms with E-state index in [2.05, 4.69) is 39.9 Å². The van der Waals surface area contributed by atoms with Crippen molar-refractivity contribution in [2.24, 2.45) is 23.2 Å². The third-order valence-electron chi connectivity index (χ3n) is 7.49. The highest BCUT2D eigenvalue weighted by atomic mass is 16.7.